The van der Waals surface area contributed by atoms with Crippen molar-refractivity contribution in [2.45, 2.75) is 55.9 Å². The average Bonchev–Trinajstić information content (AvgIpc) is 3.36. The molecule has 0 bridgehead atoms. The first kappa shape index (κ1) is 32.0. The van der Waals surface area contributed by atoms with Crippen LogP contribution in [0.3, 0.4) is 0 Å². The number of anilines is 1. The molecule has 2 fully saturated rings. The zero-order valence-electron chi connectivity index (χ0n) is 23.9. The van der Waals surface area contributed by atoms with Crippen LogP contribution in [0.25, 0.3) is 0 Å². The summed E-state index contributed by atoms with van der Waals surface area (Å²) in [4.78, 5) is 15.7. The van der Waals surface area contributed by atoms with E-state index in [-0.39, 0.29) is 5.41 Å². The highest BCUT2D eigenvalue weighted by molar-refractivity contribution is 7.80. The minimum Gasteiger partial charge on any atom is -0.493 e. The Balaban J connectivity index is 0.000000541. The van der Waals surface area contributed by atoms with Crippen molar-refractivity contribution in [1.29, 1.82) is 0 Å². The van der Waals surface area contributed by atoms with Crippen LogP contribution in [0.2, 0.25) is 0 Å². The number of halogens is 3. The number of rotatable bonds is 7. The number of thiocarbonyl (C=S) groups is 1. The minimum atomic E-state index is -5.08. The summed E-state index contributed by atoms with van der Waals surface area (Å²) in [6.07, 6.45) is 2.76. The molecular formula is C31H35F3N4O4S. The smallest absolute Gasteiger partial charge is 0.490 e. The highest BCUT2D eigenvalue weighted by Gasteiger charge is 2.51. The molecule has 1 aromatic heterocycles. The Morgan fingerprint density at radius 3 is 2.44 bits per heavy atom. The number of hydrogen-bond donors (Lipinski definition) is 3. The van der Waals surface area contributed by atoms with Gasteiger partial charge in [-0.3, -0.25) is 9.88 Å². The molecule has 5 rings (SSSR count). The number of nitrogens with one attached hydrogen (secondary N) is 2. The van der Waals surface area contributed by atoms with Gasteiger partial charge in [-0.05, 0) is 79.8 Å². The number of ether oxygens (including phenoxy) is 2. The Kier molecular flexibility index (Phi) is 10.5. The van der Waals surface area contributed by atoms with Crippen LogP contribution in [0.1, 0.15) is 36.8 Å². The first-order valence-electron chi connectivity index (χ1n) is 13.8. The fraction of sp³-hybridized carbons (Fsp3) is 0.387. The van der Waals surface area contributed by atoms with Crippen LogP contribution in [0, 0.1) is 0 Å². The van der Waals surface area contributed by atoms with Crippen molar-refractivity contribution >= 4 is 29.0 Å². The normalized spacial score (nSPS) is 21.5. The monoisotopic (exact) mass is 616 g/mol. The molecule has 230 valence electrons. The van der Waals surface area contributed by atoms with Crippen molar-refractivity contribution in [1.82, 2.24) is 15.2 Å². The SMILES string of the molecule is COc1ccc(C23CCC(NC(=S)Nc4cccnc4)CC2N(Cc2ccccc2)CC3)cc1OC.O=C(O)C(F)(F)F. The van der Waals surface area contributed by atoms with E-state index in [1.54, 1.807) is 26.6 Å². The number of carboxylic acids is 1. The second kappa shape index (κ2) is 14.0. The maximum Gasteiger partial charge on any atom is 0.490 e. The topological polar surface area (TPSA) is 96.0 Å². The molecule has 0 amide bonds. The molecule has 1 saturated carbocycles. The first-order valence-corrected chi connectivity index (χ1v) is 14.2. The number of carboxylic acid groups (broad SMARTS) is 1. The molecule has 2 heterocycles. The molecule has 3 aromatic rings. The molecule has 3 atom stereocenters. The number of aromatic nitrogens is 1. The van der Waals surface area contributed by atoms with E-state index in [9.17, 15) is 13.2 Å². The van der Waals surface area contributed by atoms with E-state index >= 15 is 0 Å². The number of likely N-dealkylation sites (tertiary alicyclic amines) is 1. The van der Waals surface area contributed by atoms with Crippen LogP contribution in [-0.4, -0.2) is 65.1 Å². The van der Waals surface area contributed by atoms with Gasteiger partial charge in [-0.1, -0.05) is 36.4 Å². The highest BCUT2D eigenvalue weighted by Crippen LogP contribution is 2.50. The van der Waals surface area contributed by atoms with Gasteiger partial charge in [-0.15, -0.1) is 0 Å². The van der Waals surface area contributed by atoms with Gasteiger partial charge in [0.1, 0.15) is 0 Å². The van der Waals surface area contributed by atoms with Gasteiger partial charge in [-0.25, -0.2) is 4.79 Å². The Labute approximate surface area is 254 Å². The first-order chi connectivity index (χ1) is 20.6. The second-order valence-electron chi connectivity index (χ2n) is 10.6. The standard InChI is InChI=1S/C29H34N4O2S.C2HF3O2/c1-34-25-11-10-22(17-26(25)35-2)29-13-12-23(31-28(36)32-24-9-6-15-30-19-24)18-27(29)33(16-14-29)20-21-7-4-3-5-8-21;3-2(4,5)1(6)7/h3-11,15,17,19,23,27H,12-14,16,18,20H2,1-2H3,(H2,31,32,36);(H,6,7). The average molecular weight is 617 g/mol. The predicted molar refractivity (Wildman–Crippen MR) is 161 cm³/mol. The number of methoxy groups -OCH3 is 2. The summed E-state index contributed by atoms with van der Waals surface area (Å²) >= 11 is 5.66. The van der Waals surface area contributed by atoms with Gasteiger partial charge in [0, 0.05) is 30.2 Å². The Bertz CT molecular complexity index is 1380. The third-order valence-corrected chi connectivity index (χ3v) is 8.27. The Hall–Kier alpha value is -3.90. The van der Waals surface area contributed by atoms with E-state index in [4.69, 9.17) is 31.6 Å². The van der Waals surface area contributed by atoms with E-state index in [0.717, 1.165) is 56.0 Å². The van der Waals surface area contributed by atoms with Crippen molar-refractivity contribution in [2.24, 2.45) is 0 Å². The van der Waals surface area contributed by atoms with E-state index in [1.807, 2.05) is 12.1 Å². The summed E-state index contributed by atoms with van der Waals surface area (Å²) in [6.45, 7) is 2.02. The van der Waals surface area contributed by atoms with Crippen LogP contribution >= 0.6 is 12.2 Å². The quantitative estimate of drug-likeness (QED) is 0.286. The maximum atomic E-state index is 10.6. The molecule has 8 nitrogen and oxygen atoms in total. The minimum absolute atomic E-state index is 0.0743. The number of carbonyl (C=O) groups is 1. The lowest BCUT2D eigenvalue weighted by Crippen LogP contribution is -2.52. The number of aliphatic carboxylic acids is 1. The fourth-order valence-corrected chi connectivity index (χ4v) is 6.34. The van der Waals surface area contributed by atoms with Crippen LogP contribution in [-0.2, 0) is 16.8 Å². The summed E-state index contributed by atoms with van der Waals surface area (Å²) in [7, 11) is 3.40. The van der Waals surface area contributed by atoms with Gasteiger partial charge in [-0.2, -0.15) is 13.2 Å². The van der Waals surface area contributed by atoms with Gasteiger partial charge in [0.15, 0.2) is 16.6 Å². The molecule has 0 spiro atoms. The summed E-state index contributed by atoms with van der Waals surface area (Å²) in [5, 5.41) is 14.7. The van der Waals surface area contributed by atoms with Gasteiger partial charge < -0.3 is 25.2 Å². The highest BCUT2D eigenvalue weighted by atomic mass is 32.1. The van der Waals surface area contributed by atoms with Gasteiger partial charge in [0.25, 0.3) is 0 Å². The van der Waals surface area contributed by atoms with Crippen molar-refractivity contribution in [3.63, 3.8) is 0 Å². The van der Waals surface area contributed by atoms with Gasteiger partial charge in [0.2, 0.25) is 0 Å². The van der Waals surface area contributed by atoms with Gasteiger partial charge in [0.05, 0.1) is 26.1 Å². The van der Waals surface area contributed by atoms with Crippen molar-refractivity contribution in [2.75, 3.05) is 26.1 Å². The lowest BCUT2D eigenvalue weighted by Gasteiger charge is -2.46. The molecule has 1 aliphatic heterocycles. The number of nitrogens with zero attached hydrogens (tertiary/aromatic N) is 2. The lowest BCUT2D eigenvalue weighted by atomic mass is 9.65. The molecular weight excluding hydrogens is 581 g/mol. The van der Waals surface area contributed by atoms with Crippen LogP contribution < -0.4 is 20.1 Å². The fourth-order valence-electron chi connectivity index (χ4n) is 6.05. The number of hydrogen-bond acceptors (Lipinski definition) is 6. The van der Waals surface area contributed by atoms with Crippen LogP contribution in [0.15, 0.2) is 73.1 Å². The summed E-state index contributed by atoms with van der Waals surface area (Å²) in [6, 6.07) is 21.8. The number of fused-ring (bicyclic) bond motifs is 1. The molecule has 1 saturated heterocycles. The second-order valence-corrected chi connectivity index (χ2v) is 11.0. The maximum absolute atomic E-state index is 10.6. The van der Waals surface area contributed by atoms with E-state index in [1.165, 1.54) is 11.1 Å². The molecule has 2 aliphatic rings. The summed E-state index contributed by atoms with van der Waals surface area (Å²) in [5.41, 5.74) is 3.67. The Morgan fingerprint density at radius 2 is 1.81 bits per heavy atom. The van der Waals surface area contributed by atoms with Crippen LogP contribution in [0.5, 0.6) is 11.5 Å². The summed E-state index contributed by atoms with van der Waals surface area (Å²) < 4.78 is 42.9. The molecule has 3 unspecified atom stereocenters. The van der Waals surface area contributed by atoms with Crippen molar-refractivity contribution in [3.8, 4) is 11.5 Å². The number of alkyl halides is 3. The van der Waals surface area contributed by atoms with E-state index in [0.29, 0.717) is 17.2 Å². The van der Waals surface area contributed by atoms with E-state index in [2.05, 4.69) is 69.0 Å². The molecule has 43 heavy (non-hydrogen) atoms. The summed E-state index contributed by atoms with van der Waals surface area (Å²) in [5.74, 6) is -1.19. The van der Waals surface area contributed by atoms with Gasteiger partial charge >= 0.3 is 12.1 Å². The largest absolute Gasteiger partial charge is 0.493 e. The molecule has 1 aliphatic carbocycles. The third kappa shape index (κ3) is 7.94. The van der Waals surface area contributed by atoms with E-state index < -0.39 is 12.1 Å². The lowest BCUT2D eigenvalue weighted by molar-refractivity contribution is -0.192. The third-order valence-electron chi connectivity index (χ3n) is 8.05. The Morgan fingerprint density at radius 1 is 1.09 bits per heavy atom. The van der Waals surface area contributed by atoms with Crippen LogP contribution in [0.4, 0.5) is 18.9 Å². The number of pyridine rings is 1. The molecule has 2 aromatic carbocycles. The molecule has 3 N–H and O–H groups in total. The molecule has 12 heteroatoms. The molecule has 0 radical (unpaired) electrons. The van der Waals surface area contributed by atoms with Crippen molar-refractivity contribution in [3.05, 3.63) is 84.2 Å². The predicted octanol–water partition coefficient (Wildman–Crippen LogP) is 5.78. The number of benzene rings is 2. The zero-order chi connectivity index (χ0) is 31.0. The zero-order valence-corrected chi connectivity index (χ0v) is 24.8. The van der Waals surface area contributed by atoms with Crippen molar-refractivity contribution < 1.29 is 32.5 Å².